The highest BCUT2D eigenvalue weighted by molar-refractivity contribution is 7.47. The van der Waals surface area contributed by atoms with Crippen molar-refractivity contribution in [2.24, 2.45) is 0 Å². The number of carbonyl (C=O) groups excluding carboxylic acids is 2. The number of hydrogen-bond donors (Lipinski definition) is 4. The van der Waals surface area contributed by atoms with Crippen molar-refractivity contribution in [3.05, 3.63) is 158 Å². The number of carbonyl (C=O) groups is 3. The van der Waals surface area contributed by atoms with Gasteiger partial charge < -0.3 is 25.2 Å². The normalized spacial score (nSPS) is 15.1. The van der Waals surface area contributed by atoms with Gasteiger partial charge in [-0.2, -0.15) is 0 Å². The minimum atomic E-state index is -4.82. The summed E-state index contributed by atoms with van der Waals surface area (Å²) in [4.78, 5) is 45.9. The maximum absolute atomic E-state index is 12.3. The van der Waals surface area contributed by atoms with Gasteiger partial charge in [-0.3, -0.25) is 18.6 Å². The SMILES string of the molecule is CC/C=C\C/C=C\C/C=C\C/C=C\C/C=C\C/C=C\C/C=C\CC(=O)NC(COP(=O)(O)OCC(O)COC(=O)CC/C=C\C/C=C\C/C=C\C/C=C\C/C=C\C/C=C\CC)C(=O)O. The van der Waals surface area contributed by atoms with E-state index in [4.69, 9.17) is 13.8 Å². The Morgan fingerprint density at radius 3 is 1.19 bits per heavy atom. The number of aliphatic hydroxyl groups excluding tert-OH is 1. The number of esters is 1. The number of carboxylic acids is 1. The number of amides is 1. The van der Waals surface area contributed by atoms with Crippen LogP contribution in [0.25, 0.3) is 0 Å². The Morgan fingerprint density at radius 2 is 0.828 bits per heavy atom. The fourth-order valence-corrected chi connectivity index (χ4v) is 5.72. The zero-order chi connectivity index (χ0) is 47.0. The lowest BCUT2D eigenvalue weighted by molar-refractivity contribution is -0.147. The summed E-state index contributed by atoms with van der Waals surface area (Å²) in [5.41, 5.74) is 0. The quantitative estimate of drug-likeness (QED) is 0.0265. The highest BCUT2D eigenvalue weighted by Crippen LogP contribution is 2.43. The standard InChI is InChI=1S/C52H76NO10P/c1-3-5-7-9-11-13-15-17-19-21-23-24-26-27-29-31-33-35-37-39-41-43-50(55)53-49(52(57)58)47-63-64(59,60)62-46-48(54)45-61-51(56)44-42-40-38-36-34-32-30-28-25-22-20-18-16-14-12-10-8-6-4-2/h5-8,11-14,17-20,23-25,27-29,32-35,38-41,48-49,54H,3-4,9-10,15-16,21-22,26,30-31,36-37,42-47H2,1-2H3,(H,53,55)(H,57,58)(H,59,60)/b7-5-,8-6-,13-11-,14-12-,19-17-,20-18-,24-23-,28-25-,29-27-,34-32-,35-33-,40-38-,41-39-. The third-order valence-corrected chi connectivity index (χ3v) is 9.31. The summed E-state index contributed by atoms with van der Waals surface area (Å²) < 4.78 is 26.7. The number of aliphatic carboxylic acids is 1. The van der Waals surface area contributed by atoms with Gasteiger partial charge in [-0.05, 0) is 89.9 Å². The first-order chi connectivity index (χ1) is 31.1. The van der Waals surface area contributed by atoms with Crippen LogP contribution in [0.15, 0.2) is 158 Å². The van der Waals surface area contributed by atoms with Gasteiger partial charge in [-0.1, -0.05) is 172 Å². The van der Waals surface area contributed by atoms with Crippen molar-refractivity contribution in [3.8, 4) is 0 Å². The molecule has 0 rings (SSSR count). The lowest BCUT2D eigenvalue weighted by Crippen LogP contribution is -2.43. The van der Waals surface area contributed by atoms with E-state index in [0.29, 0.717) is 12.8 Å². The van der Waals surface area contributed by atoms with Crippen molar-refractivity contribution in [1.29, 1.82) is 0 Å². The fourth-order valence-electron chi connectivity index (χ4n) is 4.95. The van der Waals surface area contributed by atoms with Crippen LogP contribution in [0.5, 0.6) is 0 Å². The van der Waals surface area contributed by atoms with E-state index in [-0.39, 0.29) is 12.8 Å². The van der Waals surface area contributed by atoms with Gasteiger partial charge >= 0.3 is 19.8 Å². The van der Waals surface area contributed by atoms with Crippen molar-refractivity contribution in [3.63, 3.8) is 0 Å². The number of phosphoric acid groups is 1. The summed E-state index contributed by atoms with van der Waals surface area (Å²) in [6, 6.07) is -1.62. The van der Waals surface area contributed by atoms with E-state index in [1.54, 1.807) is 12.2 Å². The third-order valence-electron chi connectivity index (χ3n) is 8.35. The number of rotatable bonds is 39. The van der Waals surface area contributed by atoms with E-state index in [9.17, 15) is 34.1 Å². The Labute approximate surface area is 384 Å². The molecule has 3 unspecified atom stereocenters. The molecule has 0 aromatic heterocycles. The first-order valence-electron chi connectivity index (χ1n) is 22.5. The van der Waals surface area contributed by atoms with Crippen LogP contribution in [-0.2, 0) is 32.7 Å². The van der Waals surface area contributed by atoms with Gasteiger partial charge in [0.2, 0.25) is 5.91 Å². The molecule has 354 valence electrons. The van der Waals surface area contributed by atoms with Crippen LogP contribution in [0.2, 0.25) is 0 Å². The summed E-state index contributed by atoms with van der Waals surface area (Å²) >= 11 is 0. The molecule has 0 spiro atoms. The van der Waals surface area contributed by atoms with Crippen LogP contribution in [-0.4, -0.2) is 64.9 Å². The summed E-state index contributed by atoms with van der Waals surface area (Å²) in [7, 11) is -4.82. The zero-order valence-corrected chi connectivity index (χ0v) is 39.1. The van der Waals surface area contributed by atoms with Crippen molar-refractivity contribution in [2.45, 2.75) is 129 Å². The first kappa shape index (κ1) is 59.1. The van der Waals surface area contributed by atoms with E-state index in [2.05, 4.69) is 135 Å². The molecule has 3 atom stereocenters. The molecule has 0 aliphatic rings. The summed E-state index contributed by atoms with van der Waals surface area (Å²) in [6.07, 6.45) is 64.5. The van der Waals surface area contributed by atoms with Gasteiger partial charge in [0.05, 0.1) is 13.2 Å². The molecule has 12 heteroatoms. The zero-order valence-electron chi connectivity index (χ0n) is 38.2. The van der Waals surface area contributed by atoms with Gasteiger partial charge in [0.1, 0.15) is 12.7 Å². The topological polar surface area (TPSA) is 169 Å². The summed E-state index contributed by atoms with van der Waals surface area (Å²) in [5.74, 6) is -2.67. The minimum absolute atomic E-state index is 0.0823. The molecule has 0 bridgehead atoms. The maximum atomic E-state index is 12.3. The minimum Gasteiger partial charge on any atom is -0.480 e. The van der Waals surface area contributed by atoms with Crippen LogP contribution < -0.4 is 5.32 Å². The van der Waals surface area contributed by atoms with E-state index in [1.807, 2.05) is 30.4 Å². The molecule has 64 heavy (non-hydrogen) atoms. The summed E-state index contributed by atoms with van der Waals surface area (Å²) in [5, 5.41) is 21.7. The molecule has 1 amide bonds. The summed E-state index contributed by atoms with van der Waals surface area (Å²) in [6.45, 7) is 2.19. The van der Waals surface area contributed by atoms with Crippen LogP contribution in [0.3, 0.4) is 0 Å². The molecular formula is C52H76NO10P. The van der Waals surface area contributed by atoms with Crippen molar-refractivity contribution >= 4 is 25.7 Å². The van der Waals surface area contributed by atoms with Gasteiger partial charge in [-0.15, -0.1) is 0 Å². The number of ether oxygens (including phenoxy) is 1. The van der Waals surface area contributed by atoms with Crippen LogP contribution in [0.1, 0.15) is 117 Å². The third kappa shape index (κ3) is 43.7. The fraction of sp³-hybridized carbons (Fsp3) is 0.442. The molecule has 0 heterocycles. The monoisotopic (exact) mass is 906 g/mol. The van der Waals surface area contributed by atoms with Crippen LogP contribution in [0, 0.1) is 0 Å². The van der Waals surface area contributed by atoms with Crippen molar-refractivity contribution in [1.82, 2.24) is 5.32 Å². The molecule has 11 nitrogen and oxygen atoms in total. The highest BCUT2D eigenvalue weighted by atomic mass is 31.2. The average Bonchev–Trinajstić information content (AvgIpc) is 3.27. The number of nitrogens with one attached hydrogen (secondary N) is 1. The number of hydrogen-bond acceptors (Lipinski definition) is 8. The van der Waals surface area contributed by atoms with Gasteiger partial charge in [0.15, 0.2) is 6.04 Å². The van der Waals surface area contributed by atoms with Crippen molar-refractivity contribution < 1.29 is 47.8 Å². The second-order valence-electron chi connectivity index (χ2n) is 14.1. The molecule has 0 aromatic rings. The largest absolute Gasteiger partial charge is 0.480 e. The maximum Gasteiger partial charge on any atom is 0.472 e. The Bertz CT molecular complexity index is 1680. The average molecular weight is 906 g/mol. The number of allylic oxidation sites excluding steroid dienone is 25. The highest BCUT2D eigenvalue weighted by Gasteiger charge is 2.28. The molecule has 0 radical (unpaired) electrons. The molecule has 0 aromatic carbocycles. The number of aliphatic hydroxyl groups is 1. The molecule has 4 N–H and O–H groups in total. The van der Waals surface area contributed by atoms with Gasteiger partial charge in [0, 0.05) is 12.8 Å². The van der Waals surface area contributed by atoms with Gasteiger partial charge in [-0.25, -0.2) is 9.36 Å². The van der Waals surface area contributed by atoms with Crippen LogP contribution >= 0.6 is 7.82 Å². The second kappa shape index (κ2) is 44.7. The Morgan fingerprint density at radius 1 is 0.500 bits per heavy atom. The lowest BCUT2D eigenvalue weighted by Gasteiger charge is -2.18. The van der Waals surface area contributed by atoms with E-state index in [0.717, 1.165) is 77.0 Å². The first-order valence-corrected chi connectivity index (χ1v) is 24.0. The predicted octanol–water partition coefficient (Wildman–Crippen LogP) is 12.1. The number of phosphoric ester groups is 1. The molecule has 0 fully saturated rings. The van der Waals surface area contributed by atoms with E-state index < -0.39 is 57.6 Å². The van der Waals surface area contributed by atoms with E-state index >= 15 is 0 Å². The Balaban J connectivity index is 4.15. The molecule has 0 aliphatic heterocycles. The number of carboxylic acid groups (broad SMARTS) is 1. The lowest BCUT2D eigenvalue weighted by atomic mass is 10.2. The second-order valence-corrected chi connectivity index (χ2v) is 15.6. The van der Waals surface area contributed by atoms with E-state index in [1.165, 1.54) is 0 Å². The molecule has 0 saturated heterocycles. The Hall–Kier alpha value is -4.90. The molecule has 0 aliphatic carbocycles. The molecule has 0 saturated carbocycles. The Kier molecular flexibility index (Phi) is 41.3. The smallest absolute Gasteiger partial charge is 0.472 e. The van der Waals surface area contributed by atoms with Gasteiger partial charge in [0.25, 0.3) is 0 Å². The molecular weight excluding hydrogens is 830 g/mol. The predicted molar refractivity (Wildman–Crippen MR) is 262 cm³/mol. The van der Waals surface area contributed by atoms with Crippen LogP contribution in [0.4, 0.5) is 0 Å². The van der Waals surface area contributed by atoms with Crippen molar-refractivity contribution in [2.75, 3.05) is 19.8 Å².